The Morgan fingerprint density at radius 2 is 1.02 bits per heavy atom. The van der Waals surface area contributed by atoms with Gasteiger partial charge in [0.15, 0.2) is 0 Å². The molecule has 0 fully saturated rings. The largest absolute Gasteiger partial charge is 0.462 e. The van der Waals surface area contributed by atoms with E-state index in [1.165, 1.54) is 12.1 Å². The molecule has 3 aromatic carbocycles. The summed E-state index contributed by atoms with van der Waals surface area (Å²) >= 11 is 0. The van der Waals surface area contributed by atoms with Crippen LogP contribution in [0, 0.1) is 5.92 Å². The van der Waals surface area contributed by atoms with Crippen molar-refractivity contribution in [1.82, 2.24) is 9.80 Å². The van der Waals surface area contributed by atoms with Gasteiger partial charge in [-0.2, -0.15) is 0 Å². The first-order valence-electron chi connectivity index (χ1n) is 13.4. The minimum atomic E-state index is -0.556. The molecule has 0 aliphatic carbocycles. The first-order valence-corrected chi connectivity index (χ1v) is 13.4. The fourth-order valence-corrected chi connectivity index (χ4v) is 3.92. The highest BCUT2D eigenvalue weighted by Gasteiger charge is 2.14. The molecule has 0 bridgehead atoms. The first-order chi connectivity index (χ1) is 19.5. The van der Waals surface area contributed by atoms with Crippen molar-refractivity contribution in [2.45, 2.75) is 26.9 Å². The van der Waals surface area contributed by atoms with Gasteiger partial charge < -0.3 is 35.8 Å². The normalized spacial score (nSPS) is 11.0. The van der Waals surface area contributed by atoms with Gasteiger partial charge in [-0.1, -0.05) is 38.1 Å². The molecule has 3 aromatic rings. The summed E-state index contributed by atoms with van der Waals surface area (Å²) in [5.74, 6) is -0.401. The average Bonchev–Trinajstić information content (AvgIpc) is 2.88. The number of anilines is 4. The van der Waals surface area contributed by atoms with E-state index in [2.05, 4.69) is 31.1 Å². The molecular formula is C31H40N6O4. The number of benzene rings is 3. The Labute approximate surface area is 242 Å². The maximum absolute atomic E-state index is 12.8. The van der Waals surface area contributed by atoms with Gasteiger partial charge in [-0.05, 0) is 87.7 Å². The molecule has 0 radical (unpaired) electrons. The van der Waals surface area contributed by atoms with Crippen molar-refractivity contribution in [1.29, 1.82) is 0 Å². The Balaban J connectivity index is 1.72. The van der Waals surface area contributed by atoms with Gasteiger partial charge in [0.25, 0.3) is 0 Å². The molecule has 4 N–H and O–H groups in total. The molecule has 0 spiro atoms. The topological polar surface area (TPSA) is 115 Å². The van der Waals surface area contributed by atoms with Gasteiger partial charge >= 0.3 is 18.0 Å². The third-order valence-electron chi connectivity index (χ3n) is 5.65. The van der Waals surface area contributed by atoms with Gasteiger partial charge in [-0.3, -0.25) is 0 Å². The number of nitrogens with one attached hydrogen (secondary N) is 4. The van der Waals surface area contributed by atoms with E-state index >= 15 is 0 Å². The standard InChI is InChI=1S/C31H40N6O4/c1-21(2)20-41-29(38)24-15-27(34-30(39)32-25-11-7-22(8-12-25)18-36(3)4)17-28(16-24)35-31(40)33-26-13-9-23(10-14-26)19-37(5)6/h7-17,21H,18-20H2,1-6H3,(H2,32,34,39)(H2,33,35,40). The Kier molecular flexibility index (Phi) is 11.3. The molecular weight excluding hydrogens is 520 g/mol. The zero-order chi connectivity index (χ0) is 29.9. The number of nitrogens with zero attached hydrogens (tertiary/aromatic N) is 2. The fraction of sp³-hybridized carbons (Fsp3) is 0.323. The number of carbonyl (C=O) groups is 3. The smallest absolute Gasteiger partial charge is 0.338 e. The van der Waals surface area contributed by atoms with Gasteiger partial charge in [-0.25, -0.2) is 14.4 Å². The Morgan fingerprint density at radius 3 is 1.39 bits per heavy atom. The molecule has 218 valence electrons. The maximum atomic E-state index is 12.8. The van der Waals surface area contributed by atoms with E-state index in [0.717, 1.165) is 24.2 Å². The van der Waals surface area contributed by atoms with Crippen LogP contribution in [0.1, 0.15) is 35.3 Å². The lowest BCUT2D eigenvalue weighted by Crippen LogP contribution is -2.22. The predicted octanol–water partition coefficient (Wildman–Crippen LogP) is 5.91. The molecule has 0 atom stereocenters. The fourth-order valence-electron chi connectivity index (χ4n) is 3.92. The molecule has 0 aromatic heterocycles. The molecule has 0 saturated heterocycles. The van der Waals surface area contributed by atoms with Crippen LogP contribution in [-0.2, 0) is 17.8 Å². The zero-order valence-electron chi connectivity index (χ0n) is 24.6. The van der Waals surface area contributed by atoms with E-state index < -0.39 is 18.0 Å². The molecule has 0 aliphatic heterocycles. The third kappa shape index (κ3) is 10.9. The lowest BCUT2D eigenvalue weighted by atomic mass is 10.1. The van der Waals surface area contributed by atoms with Crippen LogP contribution in [0.4, 0.5) is 32.3 Å². The average molecular weight is 561 g/mol. The monoisotopic (exact) mass is 560 g/mol. The van der Waals surface area contributed by atoms with Crippen molar-refractivity contribution < 1.29 is 19.1 Å². The number of esters is 1. The Bertz CT molecular complexity index is 1230. The molecule has 4 amide bonds. The third-order valence-corrected chi connectivity index (χ3v) is 5.65. The van der Waals surface area contributed by atoms with Crippen LogP contribution in [0.15, 0.2) is 66.7 Å². The quantitative estimate of drug-likeness (QED) is 0.217. The zero-order valence-corrected chi connectivity index (χ0v) is 24.6. The van der Waals surface area contributed by atoms with E-state index in [1.807, 2.05) is 90.6 Å². The minimum absolute atomic E-state index is 0.155. The van der Waals surface area contributed by atoms with Gasteiger partial charge in [0.1, 0.15) is 0 Å². The van der Waals surface area contributed by atoms with Crippen LogP contribution in [0.5, 0.6) is 0 Å². The summed E-state index contributed by atoms with van der Waals surface area (Å²) < 4.78 is 5.38. The van der Waals surface area contributed by atoms with Crippen LogP contribution in [0.3, 0.4) is 0 Å². The summed E-state index contributed by atoms with van der Waals surface area (Å²) in [7, 11) is 7.96. The lowest BCUT2D eigenvalue weighted by molar-refractivity contribution is 0.0459. The van der Waals surface area contributed by atoms with Gasteiger partial charge in [-0.15, -0.1) is 0 Å². The van der Waals surface area contributed by atoms with E-state index in [0.29, 0.717) is 22.7 Å². The van der Waals surface area contributed by atoms with Crippen molar-refractivity contribution in [3.8, 4) is 0 Å². The maximum Gasteiger partial charge on any atom is 0.338 e. The highest BCUT2D eigenvalue weighted by molar-refractivity contribution is 6.04. The Hall–Kier alpha value is -4.41. The number of urea groups is 2. The Morgan fingerprint density at radius 1 is 0.634 bits per heavy atom. The lowest BCUT2D eigenvalue weighted by Gasteiger charge is -2.14. The van der Waals surface area contributed by atoms with Crippen molar-refractivity contribution >= 4 is 40.8 Å². The van der Waals surface area contributed by atoms with E-state index in [9.17, 15) is 14.4 Å². The van der Waals surface area contributed by atoms with Crippen LogP contribution in [0.25, 0.3) is 0 Å². The number of hydrogen-bond acceptors (Lipinski definition) is 6. The highest BCUT2D eigenvalue weighted by Crippen LogP contribution is 2.22. The number of rotatable bonds is 11. The van der Waals surface area contributed by atoms with E-state index in [4.69, 9.17) is 4.74 Å². The molecule has 0 saturated carbocycles. The van der Waals surface area contributed by atoms with Gasteiger partial charge in [0.2, 0.25) is 0 Å². The van der Waals surface area contributed by atoms with Crippen molar-refractivity contribution in [3.63, 3.8) is 0 Å². The van der Waals surface area contributed by atoms with Crippen LogP contribution >= 0.6 is 0 Å². The number of amides is 4. The second-order valence-electron chi connectivity index (χ2n) is 10.8. The summed E-state index contributed by atoms with van der Waals surface area (Å²) in [6.07, 6.45) is 0. The number of hydrogen-bond donors (Lipinski definition) is 4. The van der Waals surface area contributed by atoms with Crippen LogP contribution < -0.4 is 21.3 Å². The molecule has 10 heteroatoms. The summed E-state index contributed by atoms with van der Waals surface area (Å²) in [6, 6.07) is 18.7. The summed E-state index contributed by atoms with van der Waals surface area (Å²) in [5, 5.41) is 11.1. The second kappa shape index (κ2) is 14.8. The summed E-state index contributed by atoms with van der Waals surface area (Å²) in [6.45, 7) is 5.70. The van der Waals surface area contributed by atoms with Crippen molar-refractivity contribution in [3.05, 3.63) is 83.4 Å². The first kappa shape index (κ1) is 31.1. The van der Waals surface area contributed by atoms with E-state index in [-0.39, 0.29) is 18.1 Å². The molecule has 0 aliphatic rings. The van der Waals surface area contributed by atoms with Crippen LogP contribution in [0.2, 0.25) is 0 Å². The molecule has 0 heterocycles. The van der Waals surface area contributed by atoms with Crippen molar-refractivity contribution in [2.75, 3.05) is 56.1 Å². The second-order valence-corrected chi connectivity index (χ2v) is 10.8. The molecule has 10 nitrogen and oxygen atoms in total. The summed E-state index contributed by atoms with van der Waals surface area (Å²) in [5.41, 5.74) is 4.29. The SMILES string of the molecule is CC(C)COC(=O)c1cc(NC(=O)Nc2ccc(CN(C)C)cc2)cc(NC(=O)Nc2ccc(CN(C)C)cc2)c1. The molecule has 3 rings (SSSR count). The van der Waals surface area contributed by atoms with Crippen LogP contribution in [-0.4, -0.2) is 62.6 Å². The van der Waals surface area contributed by atoms with Gasteiger partial charge in [0.05, 0.1) is 12.2 Å². The minimum Gasteiger partial charge on any atom is -0.462 e. The highest BCUT2D eigenvalue weighted by atomic mass is 16.5. The molecule has 41 heavy (non-hydrogen) atoms. The van der Waals surface area contributed by atoms with Crippen molar-refractivity contribution in [2.24, 2.45) is 5.92 Å². The molecule has 0 unspecified atom stereocenters. The number of carbonyl (C=O) groups excluding carboxylic acids is 3. The van der Waals surface area contributed by atoms with E-state index in [1.54, 1.807) is 6.07 Å². The predicted molar refractivity (Wildman–Crippen MR) is 165 cm³/mol. The number of ether oxygens (including phenoxy) is 1. The summed E-state index contributed by atoms with van der Waals surface area (Å²) in [4.78, 5) is 42.4. The van der Waals surface area contributed by atoms with Gasteiger partial charge in [0, 0.05) is 35.8 Å².